The van der Waals surface area contributed by atoms with E-state index in [-0.39, 0.29) is 21.8 Å². The fourth-order valence-corrected chi connectivity index (χ4v) is 7.12. The Hall–Kier alpha value is -4.51. The lowest BCUT2D eigenvalue weighted by Crippen LogP contribution is -2.29. The first-order valence-electron chi connectivity index (χ1n) is 13.8. The molecule has 7 nitrogen and oxygen atoms in total. The maximum Gasteiger partial charge on any atom is 0.301 e. The molecular formula is C34H25ClFN3O4S2. The number of ether oxygens (including phenoxy) is 1. The van der Waals surface area contributed by atoms with Gasteiger partial charge in [-0.25, -0.2) is 4.39 Å². The van der Waals surface area contributed by atoms with Gasteiger partial charge >= 0.3 is 5.91 Å². The number of rotatable bonds is 9. The number of aliphatic hydroxyl groups excluding tert-OH is 1. The second-order valence-corrected chi connectivity index (χ2v) is 12.8. The molecule has 0 aliphatic carbocycles. The lowest BCUT2D eigenvalue weighted by atomic mass is 9.95. The lowest BCUT2D eigenvalue weighted by Gasteiger charge is -2.22. The standard InChI is InChI=1S/C34H25ClFN3O4S2/c1-20-7-6-8-21(17-20)18-43-24-15-13-22(14-16-24)30(40)28-29(25-10-3-5-12-27(25)36)39(32(42)31(28)41)33-37-38-34(45-33)44-19-23-9-2-4-11-26(23)35/h2-17,29,40H,18-19H2,1H3. The van der Waals surface area contributed by atoms with Crippen molar-refractivity contribution >= 4 is 57.3 Å². The molecule has 0 radical (unpaired) electrons. The second-order valence-electron chi connectivity index (χ2n) is 10.2. The van der Waals surface area contributed by atoms with Crippen molar-refractivity contribution in [1.82, 2.24) is 10.2 Å². The van der Waals surface area contributed by atoms with Gasteiger partial charge in [0.25, 0.3) is 5.78 Å². The molecule has 0 bridgehead atoms. The van der Waals surface area contributed by atoms with Crippen molar-refractivity contribution < 1.29 is 23.8 Å². The number of hydrogen-bond acceptors (Lipinski definition) is 8. The summed E-state index contributed by atoms with van der Waals surface area (Å²) in [6.45, 7) is 2.36. The third kappa shape index (κ3) is 6.49. The number of hydrogen-bond donors (Lipinski definition) is 1. The highest BCUT2D eigenvalue weighted by Crippen LogP contribution is 2.45. The molecule has 1 fully saturated rings. The topological polar surface area (TPSA) is 92.6 Å². The average Bonchev–Trinajstić information content (AvgIpc) is 3.61. The highest BCUT2D eigenvalue weighted by molar-refractivity contribution is 8.00. The molecule has 0 saturated carbocycles. The Balaban J connectivity index is 1.31. The first-order valence-corrected chi connectivity index (χ1v) is 16.0. The number of anilines is 1. The highest BCUT2D eigenvalue weighted by Gasteiger charge is 2.49. The van der Waals surface area contributed by atoms with Gasteiger partial charge in [-0.3, -0.25) is 14.5 Å². The zero-order valence-corrected chi connectivity index (χ0v) is 26.2. The molecule has 1 aliphatic heterocycles. The van der Waals surface area contributed by atoms with E-state index in [2.05, 4.69) is 10.2 Å². The molecule has 1 amide bonds. The number of aliphatic hydroxyl groups is 1. The van der Waals surface area contributed by atoms with Gasteiger partial charge in [0.2, 0.25) is 5.13 Å². The van der Waals surface area contributed by atoms with Crippen LogP contribution >= 0.6 is 34.7 Å². The SMILES string of the molecule is Cc1cccc(COc2ccc(C(O)=C3C(=O)C(=O)N(c4nnc(SCc5ccccc5Cl)s4)C3c3ccccc3F)cc2)c1. The fraction of sp³-hybridized carbons (Fsp3) is 0.118. The quantitative estimate of drug-likeness (QED) is 0.0562. The molecule has 11 heteroatoms. The van der Waals surface area contributed by atoms with Crippen LogP contribution in [0.15, 0.2) is 107 Å². The number of aromatic nitrogens is 2. The summed E-state index contributed by atoms with van der Waals surface area (Å²) < 4.78 is 21.7. The summed E-state index contributed by atoms with van der Waals surface area (Å²) >= 11 is 8.74. The Morgan fingerprint density at radius 3 is 2.51 bits per heavy atom. The average molecular weight is 658 g/mol. The van der Waals surface area contributed by atoms with Crippen molar-refractivity contribution in [1.29, 1.82) is 0 Å². The predicted molar refractivity (Wildman–Crippen MR) is 174 cm³/mol. The molecule has 1 aromatic heterocycles. The summed E-state index contributed by atoms with van der Waals surface area (Å²) in [7, 11) is 0. The van der Waals surface area contributed by atoms with Crippen molar-refractivity contribution in [3.63, 3.8) is 0 Å². The van der Waals surface area contributed by atoms with Crippen molar-refractivity contribution in [2.24, 2.45) is 0 Å². The molecule has 1 saturated heterocycles. The molecule has 1 aliphatic rings. The van der Waals surface area contributed by atoms with Crippen LogP contribution in [0.3, 0.4) is 0 Å². The van der Waals surface area contributed by atoms with E-state index in [0.29, 0.717) is 27.5 Å². The number of nitrogens with zero attached hydrogens (tertiary/aromatic N) is 3. The number of thioether (sulfide) groups is 1. The van der Waals surface area contributed by atoms with Crippen LogP contribution in [-0.2, 0) is 21.9 Å². The first-order chi connectivity index (χ1) is 21.8. The van der Waals surface area contributed by atoms with Gasteiger partial charge in [0.1, 0.15) is 30.0 Å². The van der Waals surface area contributed by atoms with E-state index in [1.54, 1.807) is 36.4 Å². The largest absolute Gasteiger partial charge is 0.507 e. The van der Waals surface area contributed by atoms with Gasteiger partial charge in [-0.05, 0) is 54.4 Å². The number of carbonyl (C=O) groups is 2. The van der Waals surface area contributed by atoms with Crippen LogP contribution < -0.4 is 9.64 Å². The van der Waals surface area contributed by atoms with Crippen molar-refractivity contribution in [3.05, 3.63) is 141 Å². The summed E-state index contributed by atoms with van der Waals surface area (Å²) in [5.41, 5.74) is 3.09. The van der Waals surface area contributed by atoms with Gasteiger partial charge in [-0.1, -0.05) is 101 Å². The second kappa shape index (κ2) is 13.2. The minimum atomic E-state index is -1.27. The van der Waals surface area contributed by atoms with E-state index in [0.717, 1.165) is 32.9 Å². The Kier molecular flexibility index (Phi) is 8.97. The van der Waals surface area contributed by atoms with Crippen molar-refractivity contribution in [2.75, 3.05) is 4.90 Å². The predicted octanol–water partition coefficient (Wildman–Crippen LogP) is 8.14. The van der Waals surface area contributed by atoms with E-state index in [4.69, 9.17) is 16.3 Å². The van der Waals surface area contributed by atoms with Crippen molar-refractivity contribution in [2.45, 2.75) is 29.7 Å². The lowest BCUT2D eigenvalue weighted by molar-refractivity contribution is -0.132. The van der Waals surface area contributed by atoms with E-state index >= 15 is 4.39 Å². The zero-order valence-electron chi connectivity index (χ0n) is 23.8. The minimum Gasteiger partial charge on any atom is -0.507 e. The van der Waals surface area contributed by atoms with Gasteiger partial charge in [0.15, 0.2) is 4.34 Å². The molecule has 5 aromatic rings. The Morgan fingerprint density at radius 1 is 1.00 bits per heavy atom. The van der Waals surface area contributed by atoms with Gasteiger partial charge in [-0.2, -0.15) is 0 Å². The van der Waals surface area contributed by atoms with Crippen LogP contribution in [0.2, 0.25) is 5.02 Å². The van der Waals surface area contributed by atoms with E-state index < -0.39 is 29.3 Å². The Bertz CT molecular complexity index is 1930. The van der Waals surface area contributed by atoms with Gasteiger partial charge in [-0.15, -0.1) is 10.2 Å². The number of ketones is 1. The Labute approximate surface area is 272 Å². The zero-order chi connectivity index (χ0) is 31.5. The number of carbonyl (C=O) groups excluding carboxylic acids is 2. The number of Topliss-reactive ketones (excluding diaryl/α,β-unsaturated/α-hetero) is 1. The number of benzene rings is 4. The minimum absolute atomic E-state index is 0.0387. The maximum atomic E-state index is 15.3. The summed E-state index contributed by atoms with van der Waals surface area (Å²) in [5, 5.41) is 20.5. The van der Waals surface area contributed by atoms with Crippen LogP contribution in [0.4, 0.5) is 9.52 Å². The molecule has 45 heavy (non-hydrogen) atoms. The first kappa shape index (κ1) is 30.5. The van der Waals surface area contributed by atoms with E-state index in [1.165, 1.54) is 30.0 Å². The van der Waals surface area contributed by atoms with Crippen LogP contribution in [0, 0.1) is 12.7 Å². The van der Waals surface area contributed by atoms with Gasteiger partial charge < -0.3 is 9.84 Å². The molecule has 226 valence electrons. The summed E-state index contributed by atoms with van der Waals surface area (Å²) in [5.74, 6) is -1.92. The molecular weight excluding hydrogens is 633 g/mol. The smallest absolute Gasteiger partial charge is 0.301 e. The van der Waals surface area contributed by atoms with Crippen LogP contribution in [-0.4, -0.2) is 27.0 Å². The van der Waals surface area contributed by atoms with Crippen LogP contribution in [0.5, 0.6) is 5.75 Å². The third-order valence-electron chi connectivity index (χ3n) is 7.17. The summed E-state index contributed by atoms with van der Waals surface area (Å²) in [4.78, 5) is 28.1. The number of amides is 1. The normalized spacial score (nSPS) is 15.9. The van der Waals surface area contributed by atoms with E-state index in [9.17, 15) is 14.7 Å². The number of aryl methyl sites for hydroxylation is 1. The maximum absolute atomic E-state index is 15.3. The fourth-order valence-electron chi connectivity index (χ4n) is 4.97. The van der Waals surface area contributed by atoms with E-state index in [1.807, 2.05) is 49.4 Å². The highest BCUT2D eigenvalue weighted by atomic mass is 35.5. The molecule has 4 aromatic carbocycles. The third-order valence-corrected chi connectivity index (χ3v) is 9.64. The number of halogens is 2. The molecule has 6 rings (SSSR count). The monoisotopic (exact) mass is 657 g/mol. The molecule has 1 N–H and O–H groups in total. The van der Waals surface area contributed by atoms with Crippen molar-refractivity contribution in [3.8, 4) is 5.75 Å². The molecule has 1 atom stereocenters. The Morgan fingerprint density at radius 2 is 1.76 bits per heavy atom. The molecule has 2 heterocycles. The molecule has 0 spiro atoms. The van der Waals surface area contributed by atoms with Crippen LogP contribution in [0.1, 0.15) is 33.9 Å². The molecule has 1 unspecified atom stereocenters. The van der Waals surface area contributed by atoms with Gasteiger partial charge in [0.05, 0.1) is 5.57 Å². The summed E-state index contributed by atoms with van der Waals surface area (Å²) in [6.07, 6.45) is 0. The van der Waals surface area contributed by atoms with Crippen LogP contribution in [0.25, 0.3) is 5.76 Å². The van der Waals surface area contributed by atoms with Gasteiger partial charge in [0, 0.05) is 21.9 Å². The summed E-state index contributed by atoms with van der Waals surface area (Å²) in [6, 6.07) is 26.4.